The van der Waals surface area contributed by atoms with Gasteiger partial charge in [0.2, 0.25) is 0 Å². The molecule has 1 saturated heterocycles. The highest BCUT2D eigenvalue weighted by molar-refractivity contribution is 6.29. The minimum atomic E-state index is 0.466. The molecule has 0 unspecified atom stereocenters. The maximum absolute atomic E-state index is 6.03. The van der Waals surface area contributed by atoms with Gasteiger partial charge in [0.25, 0.3) is 0 Å². The van der Waals surface area contributed by atoms with Crippen LogP contribution in [0.4, 0.5) is 5.69 Å². The lowest BCUT2D eigenvalue weighted by atomic mass is 10.1. The number of nitrogens with zero attached hydrogens (tertiary/aromatic N) is 5. The Hall–Kier alpha value is -2.11. The van der Waals surface area contributed by atoms with Gasteiger partial charge in [-0.05, 0) is 37.2 Å². The van der Waals surface area contributed by atoms with Crippen molar-refractivity contribution in [2.45, 2.75) is 13.3 Å². The number of benzene rings is 1. The normalized spacial score (nSPS) is 15.8. The Kier molecular flexibility index (Phi) is 4.59. The van der Waals surface area contributed by atoms with Crippen LogP contribution in [0.3, 0.4) is 0 Å². The molecule has 1 fully saturated rings. The number of imidazole rings is 1. The lowest BCUT2D eigenvalue weighted by Crippen LogP contribution is -2.46. The van der Waals surface area contributed by atoms with Crippen molar-refractivity contribution in [2.75, 3.05) is 37.6 Å². The molecule has 130 valence electrons. The van der Waals surface area contributed by atoms with Gasteiger partial charge >= 0.3 is 0 Å². The van der Waals surface area contributed by atoms with Gasteiger partial charge < -0.3 is 4.90 Å². The SMILES string of the molecule is CCCN1CCN(c2ccc(-c3cnc4ccc(Cl)nn34)cc2)CC1. The quantitative estimate of drug-likeness (QED) is 0.716. The van der Waals surface area contributed by atoms with Gasteiger partial charge in [0.15, 0.2) is 5.65 Å². The van der Waals surface area contributed by atoms with Crippen molar-refractivity contribution < 1.29 is 0 Å². The molecule has 3 aromatic rings. The molecule has 0 N–H and O–H groups in total. The molecule has 6 heteroatoms. The van der Waals surface area contributed by atoms with E-state index in [1.54, 1.807) is 10.6 Å². The van der Waals surface area contributed by atoms with Crippen LogP contribution in [0.2, 0.25) is 5.15 Å². The number of rotatable bonds is 4. The van der Waals surface area contributed by atoms with Crippen LogP contribution in [-0.4, -0.2) is 52.2 Å². The van der Waals surface area contributed by atoms with Crippen LogP contribution in [0.1, 0.15) is 13.3 Å². The highest BCUT2D eigenvalue weighted by atomic mass is 35.5. The van der Waals surface area contributed by atoms with E-state index >= 15 is 0 Å². The Morgan fingerprint density at radius 1 is 1.00 bits per heavy atom. The molecule has 0 atom stereocenters. The molecule has 0 spiro atoms. The van der Waals surface area contributed by atoms with Crippen molar-refractivity contribution in [1.29, 1.82) is 0 Å². The van der Waals surface area contributed by atoms with Crippen LogP contribution in [0.25, 0.3) is 16.9 Å². The standard InChI is InChI=1S/C19H22ClN5/c1-2-9-23-10-12-24(13-11-23)16-5-3-15(4-6-16)17-14-21-19-8-7-18(20)22-25(17)19/h3-8,14H,2,9-13H2,1H3. The van der Waals surface area contributed by atoms with E-state index in [1.165, 1.54) is 18.7 Å². The average Bonchev–Trinajstić information content (AvgIpc) is 3.06. The molecule has 3 heterocycles. The molecule has 25 heavy (non-hydrogen) atoms. The molecule has 4 rings (SSSR count). The zero-order valence-electron chi connectivity index (χ0n) is 14.4. The Morgan fingerprint density at radius 2 is 1.76 bits per heavy atom. The first-order valence-electron chi connectivity index (χ1n) is 8.82. The molecule has 1 aliphatic rings. The second-order valence-electron chi connectivity index (χ2n) is 6.45. The van der Waals surface area contributed by atoms with E-state index < -0.39 is 0 Å². The first kappa shape index (κ1) is 16.4. The summed E-state index contributed by atoms with van der Waals surface area (Å²) in [6.07, 6.45) is 3.07. The average molecular weight is 356 g/mol. The molecule has 0 aliphatic carbocycles. The fourth-order valence-electron chi connectivity index (χ4n) is 3.44. The van der Waals surface area contributed by atoms with Gasteiger partial charge in [-0.3, -0.25) is 4.90 Å². The number of anilines is 1. The largest absolute Gasteiger partial charge is 0.369 e. The molecule has 0 amide bonds. The summed E-state index contributed by atoms with van der Waals surface area (Å²) in [5.74, 6) is 0. The van der Waals surface area contributed by atoms with E-state index in [-0.39, 0.29) is 0 Å². The predicted molar refractivity (Wildman–Crippen MR) is 102 cm³/mol. The summed E-state index contributed by atoms with van der Waals surface area (Å²) in [6, 6.07) is 12.3. The fraction of sp³-hybridized carbons (Fsp3) is 0.368. The van der Waals surface area contributed by atoms with Crippen molar-refractivity contribution in [3.8, 4) is 11.3 Å². The van der Waals surface area contributed by atoms with Gasteiger partial charge in [-0.1, -0.05) is 30.7 Å². The number of piperazine rings is 1. The minimum Gasteiger partial charge on any atom is -0.369 e. The third-order valence-electron chi connectivity index (χ3n) is 4.77. The molecule has 0 bridgehead atoms. The van der Waals surface area contributed by atoms with Crippen molar-refractivity contribution in [3.63, 3.8) is 0 Å². The summed E-state index contributed by atoms with van der Waals surface area (Å²) in [6.45, 7) is 7.92. The van der Waals surface area contributed by atoms with E-state index in [1.807, 2.05) is 12.3 Å². The molecule has 0 saturated carbocycles. The summed E-state index contributed by atoms with van der Waals surface area (Å²) in [5.41, 5.74) is 4.13. The highest BCUT2D eigenvalue weighted by Crippen LogP contribution is 2.25. The van der Waals surface area contributed by atoms with Gasteiger partial charge in [0, 0.05) is 37.4 Å². The molecule has 0 radical (unpaired) electrons. The molecule has 1 aromatic carbocycles. The van der Waals surface area contributed by atoms with Crippen LogP contribution < -0.4 is 4.90 Å². The smallest absolute Gasteiger partial charge is 0.154 e. The summed E-state index contributed by atoms with van der Waals surface area (Å²) >= 11 is 6.03. The summed E-state index contributed by atoms with van der Waals surface area (Å²) in [4.78, 5) is 9.40. The van der Waals surface area contributed by atoms with Crippen LogP contribution >= 0.6 is 11.6 Å². The van der Waals surface area contributed by atoms with E-state index in [9.17, 15) is 0 Å². The van der Waals surface area contributed by atoms with E-state index in [4.69, 9.17) is 11.6 Å². The third-order valence-corrected chi connectivity index (χ3v) is 4.97. The molecule has 5 nitrogen and oxygen atoms in total. The second-order valence-corrected chi connectivity index (χ2v) is 6.83. The zero-order valence-corrected chi connectivity index (χ0v) is 15.2. The molecule has 1 aliphatic heterocycles. The van der Waals surface area contributed by atoms with Crippen molar-refractivity contribution >= 4 is 22.9 Å². The third kappa shape index (κ3) is 3.34. The Labute approximate surface area is 152 Å². The zero-order chi connectivity index (χ0) is 17.2. The summed E-state index contributed by atoms with van der Waals surface area (Å²) < 4.78 is 1.79. The number of hydrogen-bond acceptors (Lipinski definition) is 4. The Balaban J connectivity index is 1.53. The number of fused-ring (bicyclic) bond motifs is 1. The first-order chi connectivity index (χ1) is 12.2. The Bertz CT molecular complexity index is 850. The lowest BCUT2D eigenvalue weighted by Gasteiger charge is -2.36. The number of halogens is 1. The molecular formula is C19H22ClN5. The van der Waals surface area contributed by atoms with Crippen LogP contribution in [0.15, 0.2) is 42.6 Å². The maximum Gasteiger partial charge on any atom is 0.154 e. The highest BCUT2D eigenvalue weighted by Gasteiger charge is 2.16. The van der Waals surface area contributed by atoms with E-state index in [0.717, 1.165) is 43.1 Å². The van der Waals surface area contributed by atoms with Crippen LogP contribution in [0, 0.1) is 0 Å². The number of hydrogen-bond donors (Lipinski definition) is 0. The van der Waals surface area contributed by atoms with E-state index in [2.05, 4.69) is 51.1 Å². The number of aromatic nitrogens is 3. The van der Waals surface area contributed by atoms with Gasteiger partial charge in [-0.15, -0.1) is 0 Å². The monoisotopic (exact) mass is 355 g/mol. The maximum atomic E-state index is 6.03. The summed E-state index contributed by atoms with van der Waals surface area (Å²) in [5, 5.41) is 4.82. The first-order valence-corrected chi connectivity index (χ1v) is 9.20. The Morgan fingerprint density at radius 3 is 2.48 bits per heavy atom. The van der Waals surface area contributed by atoms with Gasteiger partial charge in [0.05, 0.1) is 11.9 Å². The minimum absolute atomic E-state index is 0.466. The van der Waals surface area contributed by atoms with Gasteiger partial charge in [-0.25, -0.2) is 9.50 Å². The van der Waals surface area contributed by atoms with Crippen LogP contribution in [0.5, 0.6) is 0 Å². The van der Waals surface area contributed by atoms with Gasteiger partial charge in [-0.2, -0.15) is 5.10 Å². The fourth-order valence-corrected chi connectivity index (χ4v) is 3.58. The van der Waals surface area contributed by atoms with Crippen molar-refractivity contribution in [2.24, 2.45) is 0 Å². The topological polar surface area (TPSA) is 36.7 Å². The van der Waals surface area contributed by atoms with Gasteiger partial charge in [0.1, 0.15) is 5.15 Å². The molecule has 2 aromatic heterocycles. The van der Waals surface area contributed by atoms with Crippen molar-refractivity contribution in [1.82, 2.24) is 19.5 Å². The lowest BCUT2D eigenvalue weighted by molar-refractivity contribution is 0.258. The van der Waals surface area contributed by atoms with Crippen LogP contribution in [-0.2, 0) is 0 Å². The van der Waals surface area contributed by atoms with Crippen molar-refractivity contribution in [3.05, 3.63) is 47.7 Å². The second kappa shape index (κ2) is 7.02. The predicted octanol–water partition coefficient (Wildman–Crippen LogP) is 3.58. The molecular weight excluding hydrogens is 334 g/mol. The van der Waals surface area contributed by atoms with E-state index in [0.29, 0.717) is 5.15 Å². The summed E-state index contributed by atoms with van der Waals surface area (Å²) in [7, 11) is 0.